The summed E-state index contributed by atoms with van der Waals surface area (Å²) >= 11 is 0. The van der Waals surface area contributed by atoms with Gasteiger partial charge >= 0.3 is 0 Å². The predicted octanol–water partition coefficient (Wildman–Crippen LogP) is 25.9. The third kappa shape index (κ3) is 34.6. The van der Waals surface area contributed by atoms with Crippen molar-refractivity contribution in [2.75, 3.05) is 32.7 Å². The second-order valence-corrected chi connectivity index (χ2v) is 48.8. The van der Waals surface area contributed by atoms with Crippen molar-refractivity contribution in [1.82, 2.24) is 14.7 Å². The van der Waals surface area contributed by atoms with Crippen molar-refractivity contribution in [1.29, 1.82) is 0 Å². The van der Waals surface area contributed by atoms with Gasteiger partial charge in [0.05, 0.1) is 23.9 Å². The van der Waals surface area contributed by atoms with E-state index < -0.39 is 0 Å². The molecule has 5 heterocycles. The molecule has 0 aromatic heterocycles. The number of nitrogens with zero attached hydrogens (tertiary/aromatic N) is 3. The summed E-state index contributed by atoms with van der Waals surface area (Å²) < 4.78 is 18.7. The Kier molecular flexibility index (Phi) is 31.8. The average molecular weight is 1330 g/mol. The molecule has 0 aromatic carbocycles. The second-order valence-electron chi connectivity index (χ2n) is 48.8. The summed E-state index contributed by atoms with van der Waals surface area (Å²) in [5.41, 5.74) is 4.92. The van der Waals surface area contributed by atoms with E-state index in [1.807, 2.05) is 0 Å². The Labute approximate surface area is 594 Å². The molecule has 13 unspecified atom stereocenters. The van der Waals surface area contributed by atoms with Gasteiger partial charge in [0.1, 0.15) is 0 Å². The van der Waals surface area contributed by atoms with Crippen molar-refractivity contribution in [3.8, 4) is 0 Å². The van der Waals surface area contributed by atoms with Crippen LogP contribution in [0.2, 0.25) is 0 Å². The van der Waals surface area contributed by atoms with Crippen LogP contribution in [0.3, 0.4) is 0 Å². The zero-order valence-corrected chi connectivity index (χ0v) is 73.5. The smallest absolute Gasteiger partial charge is 0.159 e. The maximum Gasteiger partial charge on any atom is 0.159 e. The maximum absolute atomic E-state index is 6.42. The van der Waals surface area contributed by atoms with E-state index in [1.54, 1.807) is 0 Å². The van der Waals surface area contributed by atoms with E-state index in [9.17, 15) is 0 Å². The van der Waals surface area contributed by atoms with E-state index in [1.165, 1.54) is 71.2 Å². The topological polar surface area (TPSA) is 37.4 Å². The van der Waals surface area contributed by atoms with Gasteiger partial charge in [-0.25, -0.2) is 0 Å². The summed E-state index contributed by atoms with van der Waals surface area (Å²) in [6.07, 6.45) is 12.5. The quantitative estimate of drug-likeness (QED) is 0.264. The third-order valence-electron chi connectivity index (χ3n) is 21.7. The summed E-state index contributed by atoms with van der Waals surface area (Å²) in [5.74, 6) is 6.06. The largest absolute Gasteiger partial charge is 0.375 e. The zero-order chi connectivity index (χ0) is 74.8. The van der Waals surface area contributed by atoms with Gasteiger partial charge in [0.15, 0.2) is 6.29 Å². The highest BCUT2D eigenvalue weighted by atomic mass is 16.7. The van der Waals surface area contributed by atoms with Crippen molar-refractivity contribution in [2.24, 2.45) is 107 Å². The van der Waals surface area contributed by atoms with Crippen LogP contribution in [0.5, 0.6) is 0 Å². The van der Waals surface area contributed by atoms with Gasteiger partial charge in [0.25, 0.3) is 0 Å². The molecule has 5 saturated heterocycles. The molecule has 0 amide bonds. The minimum atomic E-state index is -0.135. The molecule has 6 nitrogen and oxygen atoms in total. The Morgan fingerprint density at radius 2 is 0.649 bits per heavy atom. The van der Waals surface area contributed by atoms with Crippen LogP contribution >= 0.6 is 0 Å². The number of rotatable bonds is 6. The molecule has 0 aromatic rings. The lowest BCUT2D eigenvalue weighted by Gasteiger charge is -2.51. The highest BCUT2D eigenvalue weighted by molar-refractivity contribution is 5.01. The van der Waals surface area contributed by atoms with E-state index in [0.29, 0.717) is 107 Å². The van der Waals surface area contributed by atoms with Crippen LogP contribution in [0.25, 0.3) is 0 Å². The van der Waals surface area contributed by atoms with Gasteiger partial charge in [0.2, 0.25) is 0 Å². The molecule has 5 aliphatic rings. The lowest BCUT2D eigenvalue weighted by molar-refractivity contribution is -0.190. The standard InChI is InChI=1S/C19H39N.C18H36O.2C17H35N.C17H34O2/c1-17(2,3)11-15-10-16(12-18(4,5)6)14-20(13-15)19(7,8)9;1-12-14(17(5,6)7)15(18(8,9)10)13(19-12)11-16(2,3)4;1-15(2,3)11-14-10-13(16(4,5)6)12-18(14)17(7,8)9;1-15(2,3)13-10-14(16(4,5)6)12-18(11-13)17(7,8)9;1-15(2,3)11-13-12(16(4,5)6)10-14(18-13)19-17(7,8)9/h15-16H,10-14H2,1-9H3;12-15H,11H2,1-10H3;2*13-14H,10-12H2,1-9H3;12-14H,10-11H2,1-9H3. The minimum absolute atomic E-state index is 0.0448. The first-order valence-corrected chi connectivity index (χ1v) is 39.2. The maximum atomic E-state index is 6.42. The molecule has 564 valence electrons. The van der Waals surface area contributed by atoms with E-state index in [4.69, 9.17) is 14.2 Å². The Morgan fingerprint density at radius 3 is 0.947 bits per heavy atom. The molecule has 0 radical (unpaired) electrons. The molecule has 13 atom stereocenters. The molecule has 5 fully saturated rings. The number of piperidine rings is 2. The monoisotopic (exact) mass is 1330 g/mol. The van der Waals surface area contributed by atoms with Gasteiger partial charge in [-0.1, -0.05) is 228 Å². The molecule has 6 heteroatoms. The lowest BCUT2D eigenvalue weighted by Crippen LogP contribution is -2.54. The van der Waals surface area contributed by atoms with Gasteiger partial charge in [0, 0.05) is 61.8 Å². The molecule has 0 saturated carbocycles. The van der Waals surface area contributed by atoms with Gasteiger partial charge in [-0.3, -0.25) is 14.7 Å². The first-order chi connectivity index (χ1) is 40.9. The molecule has 5 rings (SSSR count). The predicted molar refractivity (Wildman–Crippen MR) is 420 cm³/mol. The third-order valence-corrected chi connectivity index (χ3v) is 21.7. The summed E-state index contributed by atoms with van der Waals surface area (Å²) in [6, 6.07) is 0.759. The number of hydrogen-bond acceptors (Lipinski definition) is 6. The van der Waals surface area contributed by atoms with Gasteiger partial charge in [-0.15, -0.1) is 0 Å². The highest BCUT2D eigenvalue weighted by Gasteiger charge is 2.53. The van der Waals surface area contributed by atoms with Crippen molar-refractivity contribution in [3.63, 3.8) is 0 Å². The fourth-order valence-corrected chi connectivity index (χ4v) is 17.0. The summed E-state index contributed by atoms with van der Waals surface area (Å²) in [7, 11) is 0. The first kappa shape index (κ1) is 91.8. The average Bonchev–Trinajstić information content (AvgIpc) is 1.57. The SMILES string of the molecule is CC(C)(C)C1CC(C(C)(C)C)CN(C(C)(C)C)C1.CC(C)(C)CC1CC(C(C)(C)C)CN1C(C)(C)C.CC(C)(C)CC1CC(CC(C)(C)C)CN(C(C)(C)C)C1.CC(C)(C)CC1OC(OC(C)(C)C)CC1C(C)(C)C.CC1OC(CC(C)(C)C)C(C(C)(C)C)C1C(C)(C)C. The molecule has 5 aliphatic heterocycles. The van der Waals surface area contributed by atoms with Crippen LogP contribution in [-0.4, -0.2) is 100 Å². The number of hydrogen-bond donors (Lipinski definition) is 0. The molecular weight excluding hydrogens is 1150 g/mol. The van der Waals surface area contributed by atoms with Crippen LogP contribution in [0.1, 0.15) is 376 Å². The lowest BCUT2D eigenvalue weighted by atomic mass is 9.61. The second kappa shape index (κ2) is 32.6. The Balaban J connectivity index is 0.000000588. The van der Waals surface area contributed by atoms with Gasteiger partial charge in [-0.2, -0.15) is 0 Å². The molecule has 0 bridgehead atoms. The van der Waals surface area contributed by atoms with Gasteiger partial charge in [-0.05, 0) is 248 Å². The van der Waals surface area contributed by atoms with Crippen molar-refractivity contribution in [3.05, 3.63) is 0 Å². The van der Waals surface area contributed by atoms with Crippen LogP contribution in [0.4, 0.5) is 0 Å². The number of likely N-dealkylation sites (tertiary alicyclic amines) is 3. The first-order valence-electron chi connectivity index (χ1n) is 39.2. The van der Waals surface area contributed by atoms with Crippen molar-refractivity contribution < 1.29 is 14.2 Å². The zero-order valence-electron chi connectivity index (χ0n) is 73.5. The van der Waals surface area contributed by atoms with E-state index >= 15 is 0 Å². The number of ether oxygens (including phenoxy) is 3. The Bertz CT molecular complexity index is 2070. The summed E-state index contributed by atoms with van der Waals surface area (Å²) in [6.45, 7) is 114. The van der Waals surface area contributed by atoms with Crippen LogP contribution in [0.15, 0.2) is 0 Å². The summed E-state index contributed by atoms with van der Waals surface area (Å²) in [4.78, 5) is 8.21. The van der Waals surface area contributed by atoms with Crippen LogP contribution in [0, 0.1) is 107 Å². The van der Waals surface area contributed by atoms with Crippen LogP contribution < -0.4 is 0 Å². The molecule has 0 aliphatic carbocycles. The molecule has 94 heavy (non-hydrogen) atoms. The van der Waals surface area contributed by atoms with Crippen LogP contribution in [-0.2, 0) is 14.2 Å². The molecule has 0 N–H and O–H groups in total. The Hall–Kier alpha value is -0.240. The fourth-order valence-electron chi connectivity index (χ4n) is 17.0. The normalized spacial score (nSPS) is 29.4. The van der Waals surface area contributed by atoms with E-state index in [-0.39, 0.29) is 17.3 Å². The highest BCUT2D eigenvalue weighted by Crippen LogP contribution is 2.54. The molecule has 0 spiro atoms. The summed E-state index contributed by atoms with van der Waals surface area (Å²) in [5, 5.41) is 0. The minimum Gasteiger partial charge on any atom is -0.375 e. The molecular formula is C88H179N3O3. The van der Waals surface area contributed by atoms with E-state index in [2.05, 4.69) is 333 Å². The van der Waals surface area contributed by atoms with E-state index in [0.717, 1.165) is 54.9 Å². The van der Waals surface area contributed by atoms with Crippen molar-refractivity contribution >= 4 is 0 Å². The Morgan fingerprint density at radius 1 is 0.309 bits per heavy atom. The fraction of sp³-hybridized carbons (Fsp3) is 1.00. The van der Waals surface area contributed by atoms with Gasteiger partial charge < -0.3 is 14.2 Å². The van der Waals surface area contributed by atoms with Crippen molar-refractivity contribution in [2.45, 2.75) is 429 Å².